The molecule has 0 radical (unpaired) electrons. The van der Waals surface area contributed by atoms with E-state index in [2.05, 4.69) is 4.90 Å². The Balaban J connectivity index is 1.80. The summed E-state index contributed by atoms with van der Waals surface area (Å²) in [6.07, 6.45) is 0.350. The van der Waals surface area contributed by atoms with Gasteiger partial charge in [0.2, 0.25) is 0 Å². The Morgan fingerprint density at radius 2 is 1.88 bits per heavy atom. The van der Waals surface area contributed by atoms with E-state index in [9.17, 15) is 5.11 Å². The van der Waals surface area contributed by atoms with E-state index in [1.165, 1.54) is 0 Å². The molecule has 1 fully saturated rings. The topological polar surface area (TPSA) is 58.7 Å². The molecule has 3 N–H and O–H groups in total. The monoisotopic (exact) mass is 236 g/mol. The number of nitrogen functional groups attached to an aromatic ring is 1. The van der Waals surface area contributed by atoms with E-state index in [-0.39, 0.29) is 0 Å². The van der Waals surface area contributed by atoms with Crippen molar-refractivity contribution in [3.63, 3.8) is 0 Å². The molecule has 1 aliphatic rings. The molecule has 4 heteroatoms. The smallest absolute Gasteiger partial charge is 0.0802 e. The van der Waals surface area contributed by atoms with E-state index in [1.807, 2.05) is 24.3 Å². The molecule has 0 bridgehead atoms. The quantitative estimate of drug-likeness (QED) is 0.766. The summed E-state index contributed by atoms with van der Waals surface area (Å²) in [5.74, 6) is 0. The van der Waals surface area contributed by atoms with E-state index in [4.69, 9.17) is 10.5 Å². The van der Waals surface area contributed by atoms with Crippen LogP contribution >= 0.6 is 0 Å². The number of aliphatic hydroxyl groups is 1. The molecule has 0 amide bonds. The number of aliphatic hydroxyl groups excluding tert-OH is 1. The highest BCUT2D eigenvalue weighted by atomic mass is 16.5. The van der Waals surface area contributed by atoms with Crippen LogP contribution in [-0.4, -0.2) is 42.9 Å². The molecule has 17 heavy (non-hydrogen) atoms. The fourth-order valence-electron chi connectivity index (χ4n) is 2.01. The van der Waals surface area contributed by atoms with E-state index in [0.29, 0.717) is 0 Å². The molecular weight excluding hydrogens is 216 g/mol. The molecule has 1 aliphatic heterocycles. The minimum Gasteiger partial charge on any atom is -0.399 e. The number of benzene rings is 1. The van der Waals surface area contributed by atoms with Gasteiger partial charge in [-0.2, -0.15) is 0 Å². The number of hydrogen-bond donors (Lipinski definition) is 2. The number of rotatable bonds is 4. The van der Waals surface area contributed by atoms with Crippen molar-refractivity contribution in [1.29, 1.82) is 0 Å². The van der Waals surface area contributed by atoms with Crippen molar-refractivity contribution in [2.24, 2.45) is 0 Å². The predicted molar refractivity (Wildman–Crippen MR) is 67.7 cm³/mol. The second-order valence-electron chi connectivity index (χ2n) is 4.43. The summed E-state index contributed by atoms with van der Waals surface area (Å²) in [5, 5.41) is 10.0. The van der Waals surface area contributed by atoms with Crippen molar-refractivity contribution in [2.75, 3.05) is 38.6 Å². The molecule has 2 rings (SSSR count). The van der Waals surface area contributed by atoms with Gasteiger partial charge >= 0.3 is 0 Å². The second kappa shape index (κ2) is 6.00. The molecule has 1 aromatic carbocycles. The lowest BCUT2D eigenvalue weighted by atomic mass is 10.1. The zero-order valence-corrected chi connectivity index (χ0v) is 10.0. The van der Waals surface area contributed by atoms with Crippen molar-refractivity contribution >= 4 is 5.69 Å². The zero-order chi connectivity index (χ0) is 12.1. The van der Waals surface area contributed by atoms with Gasteiger partial charge in [0.05, 0.1) is 19.3 Å². The van der Waals surface area contributed by atoms with Crippen LogP contribution in [0, 0.1) is 0 Å². The zero-order valence-electron chi connectivity index (χ0n) is 10.0. The Morgan fingerprint density at radius 1 is 1.24 bits per heavy atom. The summed E-state index contributed by atoms with van der Waals surface area (Å²) in [6, 6.07) is 7.43. The third kappa shape index (κ3) is 3.70. The first kappa shape index (κ1) is 12.4. The van der Waals surface area contributed by atoms with E-state index in [1.54, 1.807) is 0 Å². The number of anilines is 1. The lowest BCUT2D eigenvalue weighted by Gasteiger charge is -2.27. The lowest BCUT2D eigenvalue weighted by Crippen LogP contribution is -2.37. The molecule has 1 saturated heterocycles. The number of morpholine rings is 1. The standard InChI is InChI=1S/C13H20N2O2/c14-12-3-1-11(2-4-12)13(16)5-6-15-7-9-17-10-8-15/h1-4,13,16H,5-10,14H2/t13-/m0/s1. The van der Waals surface area contributed by atoms with Crippen molar-refractivity contribution in [1.82, 2.24) is 4.90 Å². The first-order valence-electron chi connectivity index (χ1n) is 6.09. The van der Waals surface area contributed by atoms with E-state index >= 15 is 0 Å². The van der Waals surface area contributed by atoms with Crippen molar-refractivity contribution in [2.45, 2.75) is 12.5 Å². The maximum absolute atomic E-state index is 10.0. The molecule has 0 unspecified atom stereocenters. The minimum atomic E-state index is -0.404. The van der Waals surface area contributed by atoms with Crippen molar-refractivity contribution in [3.05, 3.63) is 29.8 Å². The second-order valence-corrected chi connectivity index (χ2v) is 4.43. The summed E-state index contributed by atoms with van der Waals surface area (Å²) in [7, 11) is 0. The third-order valence-corrected chi connectivity index (χ3v) is 3.14. The molecule has 1 atom stereocenters. The number of hydrogen-bond acceptors (Lipinski definition) is 4. The fraction of sp³-hybridized carbons (Fsp3) is 0.538. The molecule has 1 heterocycles. The van der Waals surface area contributed by atoms with E-state index in [0.717, 1.165) is 50.5 Å². The van der Waals surface area contributed by atoms with Gasteiger partial charge in [-0.3, -0.25) is 4.90 Å². The average molecular weight is 236 g/mol. The van der Waals surface area contributed by atoms with Crippen LogP contribution in [0.3, 0.4) is 0 Å². The largest absolute Gasteiger partial charge is 0.399 e. The summed E-state index contributed by atoms with van der Waals surface area (Å²) in [4.78, 5) is 2.32. The highest BCUT2D eigenvalue weighted by Crippen LogP contribution is 2.18. The van der Waals surface area contributed by atoms with E-state index < -0.39 is 6.10 Å². The van der Waals surface area contributed by atoms with Crippen LogP contribution in [0.1, 0.15) is 18.1 Å². The van der Waals surface area contributed by atoms with Gasteiger partial charge in [0.25, 0.3) is 0 Å². The number of nitrogens with zero attached hydrogens (tertiary/aromatic N) is 1. The highest BCUT2D eigenvalue weighted by molar-refractivity contribution is 5.39. The maximum atomic E-state index is 10.0. The summed E-state index contributed by atoms with van der Waals surface area (Å²) in [5.41, 5.74) is 7.28. The first-order valence-corrected chi connectivity index (χ1v) is 6.09. The summed E-state index contributed by atoms with van der Waals surface area (Å²) in [6.45, 7) is 4.45. The Kier molecular flexibility index (Phi) is 4.36. The van der Waals surface area contributed by atoms with Gasteiger partial charge < -0.3 is 15.6 Å². The van der Waals surface area contributed by atoms with Crippen molar-refractivity contribution in [3.8, 4) is 0 Å². The molecular formula is C13H20N2O2. The van der Waals surface area contributed by atoms with Crippen molar-refractivity contribution < 1.29 is 9.84 Å². The van der Waals surface area contributed by atoms with Crippen LogP contribution in [0.25, 0.3) is 0 Å². The van der Waals surface area contributed by atoms with Gasteiger partial charge in [-0.15, -0.1) is 0 Å². The highest BCUT2D eigenvalue weighted by Gasteiger charge is 2.13. The van der Waals surface area contributed by atoms with Crippen LogP contribution in [0.5, 0.6) is 0 Å². The molecule has 0 aromatic heterocycles. The Labute approximate surface area is 102 Å². The Hall–Kier alpha value is -1.10. The Bertz CT molecular complexity index is 334. The molecule has 0 saturated carbocycles. The van der Waals surface area contributed by atoms with Gasteiger partial charge in [0, 0.05) is 25.3 Å². The van der Waals surface area contributed by atoms with Gasteiger partial charge in [-0.25, -0.2) is 0 Å². The predicted octanol–water partition coefficient (Wildman–Crippen LogP) is 1.02. The normalized spacial score (nSPS) is 19.1. The molecule has 94 valence electrons. The van der Waals surface area contributed by atoms with Gasteiger partial charge in [-0.05, 0) is 24.1 Å². The van der Waals surface area contributed by atoms with Gasteiger partial charge in [0.15, 0.2) is 0 Å². The summed E-state index contributed by atoms with van der Waals surface area (Å²) >= 11 is 0. The molecule has 0 aliphatic carbocycles. The lowest BCUT2D eigenvalue weighted by molar-refractivity contribution is 0.0300. The van der Waals surface area contributed by atoms with Crippen LogP contribution in [-0.2, 0) is 4.74 Å². The van der Waals surface area contributed by atoms with Crippen LogP contribution in [0.2, 0.25) is 0 Å². The number of ether oxygens (including phenoxy) is 1. The first-order chi connectivity index (χ1) is 8.25. The molecule has 0 spiro atoms. The van der Waals surface area contributed by atoms with Gasteiger partial charge in [-0.1, -0.05) is 12.1 Å². The summed E-state index contributed by atoms with van der Waals surface area (Å²) < 4.78 is 5.29. The third-order valence-electron chi connectivity index (χ3n) is 3.14. The minimum absolute atomic E-state index is 0.404. The van der Waals surface area contributed by atoms with Gasteiger partial charge in [0.1, 0.15) is 0 Å². The fourth-order valence-corrected chi connectivity index (χ4v) is 2.01. The average Bonchev–Trinajstić information content (AvgIpc) is 2.38. The molecule has 1 aromatic rings. The maximum Gasteiger partial charge on any atom is 0.0802 e. The van der Waals surface area contributed by atoms with Crippen LogP contribution in [0.15, 0.2) is 24.3 Å². The number of nitrogens with two attached hydrogens (primary N) is 1. The molecule has 4 nitrogen and oxygen atoms in total. The van der Waals surface area contributed by atoms with Crippen LogP contribution < -0.4 is 5.73 Å². The Morgan fingerprint density at radius 3 is 2.53 bits per heavy atom. The van der Waals surface area contributed by atoms with Crippen LogP contribution in [0.4, 0.5) is 5.69 Å². The SMILES string of the molecule is Nc1ccc([C@@H](O)CCN2CCOCC2)cc1.